The Bertz CT molecular complexity index is 1500. The number of carbonyl (C=O) groups excluding carboxylic acids is 1. The highest BCUT2D eigenvalue weighted by Gasteiger charge is 2.48. The van der Waals surface area contributed by atoms with Gasteiger partial charge in [-0.15, -0.1) is 0 Å². The number of aliphatic hydroxyl groups excluding tert-OH is 2. The normalized spacial score (nSPS) is 22.8. The van der Waals surface area contributed by atoms with Gasteiger partial charge in [0.05, 0.1) is 12.1 Å². The van der Waals surface area contributed by atoms with E-state index in [-0.39, 0.29) is 19.1 Å². The molecule has 3 heterocycles. The molecule has 44 heavy (non-hydrogen) atoms. The molecule has 226 valence electrons. The molecular weight excluding hydrogens is 560 g/mol. The van der Waals surface area contributed by atoms with Crippen molar-refractivity contribution < 1.29 is 34.0 Å². The summed E-state index contributed by atoms with van der Waals surface area (Å²) in [6, 6.07) is 28.0. The number of urea groups is 1. The molecule has 9 heteroatoms. The van der Waals surface area contributed by atoms with Crippen LogP contribution >= 0.6 is 0 Å². The Labute approximate surface area is 255 Å². The lowest BCUT2D eigenvalue weighted by Gasteiger charge is -2.36. The van der Waals surface area contributed by atoms with Crippen LogP contribution in [0.3, 0.4) is 0 Å². The molecule has 1 fully saturated rings. The molecule has 0 radical (unpaired) electrons. The van der Waals surface area contributed by atoms with Gasteiger partial charge < -0.3 is 39.0 Å². The highest BCUT2D eigenvalue weighted by Crippen LogP contribution is 2.44. The van der Waals surface area contributed by atoms with Crippen LogP contribution in [0.25, 0.3) is 0 Å². The zero-order valence-corrected chi connectivity index (χ0v) is 24.1. The van der Waals surface area contributed by atoms with Crippen molar-refractivity contribution >= 4 is 6.03 Å². The van der Waals surface area contributed by atoms with Gasteiger partial charge in [0.2, 0.25) is 0 Å². The molecule has 0 spiro atoms. The Balaban J connectivity index is 1.37. The van der Waals surface area contributed by atoms with Crippen molar-refractivity contribution in [2.75, 3.05) is 26.4 Å². The lowest BCUT2D eigenvalue weighted by Crippen LogP contribution is -2.44. The molecule has 2 N–H and O–H groups in total. The monoisotopic (exact) mass is 594 g/mol. The molecule has 1 saturated heterocycles. The SMILES string of the molecule is O=C1N(Cc2ccccc2)[C@H](c2ccc3c(c2)OCCO3)[C@H](O)[C@@H](O)[C@@H](c2ccc3c(c2)OCCO3)N1Cc1ccccc1. The summed E-state index contributed by atoms with van der Waals surface area (Å²) >= 11 is 0. The zero-order chi connectivity index (χ0) is 30.0. The van der Waals surface area contributed by atoms with Crippen molar-refractivity contribution in [1.29, 1.82) is 0 Å². The molecule has 2 amide bonds. The Hall–Kier alpha value is -4.73. The molecule has 3 aliphatic heterocycles. The van der Waals surface area contributed by atoms with E-state index < -0.39 is 24.3 Å². The van der Waals surface area contributed by atoms with Crippen LogP contribution < -0.4 is 18.9 Å². The molecule has 4 aromatic carbocycles. The van der Waals surface area contributed by atoms with Crippen molar-refractivity contribution in [1.82, 2.24) is 9.80 Å². The molecule has 3 aliphatic rings. The largest absolute Gasteiger partial charge is 0.486 e. The van der Waals surface area contributed by atoms with E-state index in [0.717, 1.165) is 11.1 Å². The van der Waals surface area contributed by atoms with Gasteiger partial charge in [-0.25, -0.2) is 4.79 Å². The Morgan fingerprint density at radius 1 is 0.545 bits per heavy atom. The summed E-state index contributed by atoms with van der Waals surface area (Å²) in [6.45, 7) is 2.11. The molecule has 0 aliphatic carbocycles. The van der Waals surface area contributed by atoms with Crippen LogP contribution in [-0.4, -0.2) is 64.7 Å². The van der Waals surface area contributed by atoms with Gasteiger partial charge in [0.25, 0.3) is 0 Å². The van der Waals surface area contributed by atoms with Gasteiger partial charge in [0.15, 0.2) is 23.0 Å². The lowest BCUT2D eigenvalue weighted by molar-refractivity contribution is -0.0430. The minimum atomic E-state index is -1.36. The van der Waals surface area contributed by atoms with Gasteiger partial charge in [-0.1, -0.05) is 72.8 Å². The van der Waals surface area contributed by atoms with E-state index in [2.05, 4.69) is 0 Å². The molecule has 0 aromatic heterocycles. The summed E-state index contributed by atoms with van der Waals surface area (Å²) in [7, 11) is 0. The molecule has 0 saturated carbocycles. The Morgan fingerprint density at radius 3 is 1.34 bits per heavy atom. The van der Waals surface area contributed by atoms with Crippen molar-refractivity contribution in [3.8, 4) is 23.0 Å². The summed E-state index contributed by atoms with van der Waals surface area (Å²) in [4.78, 5) is 18.2. The molecule has 9 nitrogen and oxygen atoms in total. The van der Waals surface area contributed by atoms with Gasteiger partial charge in [-0.2, -0.15) is 0 Å². The third kappa shape index (κ3) is 5.40. The maximum Gasteiger partial charge on any atom is 0.321 e. The molecule has 4 aromatic rings. The number of hydrogen-bond donors (Lipinski definition) is 2. The van der Waals surface area contributed by atoms with Gasteiger partial charge in [-0.3, -0.25) is 0 Å². The highest BCUT2D eigenvalue weighted by atomic mass is 16.6. The summed E-state index contributed by atoms with van der Waals surface area (Å²) in [6.07, 6.45) is -2.71. The first-order valence-electron chi connectivity index (χ1n) is 14.9. The first-order valence-corrected chi connectivity index (χ1v) is 14.9. The van der Waals surface area contributed by atoms with Crippen LogP contribution in [0.1, 0.15) is 34.3 Å². The van der Waals surface area contributed by atoms with E-state index in [4.69, 9.17) is 18.9 Å². The summed E-state index contributed by atoms with van der Waals surface area (Å²) in [5, 5.41) is 24.2. The summed E-state index contributed by atoms with van der Waals surface area (Å²) in [5.41, 5.74) is 3.05. The molecular formula is C35H34N2O7. The standard InChI is InChI=1S/C35H34N2O7/c38-33-31(25-11-13-27-29(19-25)43-17-15-41-27)36(21-23-7-3-1-4-8-23)35(40)37(22-24-9-5-2-6-10-24)32(34(33)39)26-12-14-28-30(20-26)44-18-16-42-28/h1-14,19-20,31-34,38-39H,15-18,21-22H2/t31-,32-,33+,34+/m1/s1. The summed E-state index contributed by atoms with van der Waals surface area (Å²) < 4.78 is 23.2. The first-order chi connectivity index (χ1) is 21.6. The van der Waals surface area contributed by atoms with Gasteiger partial charge in [0, 0.05) is 13.1 Å². The average Bonchev–Trinajstić information content (AvgIpc) is 3.14. The van der Waals surface area contributed by atoms with Crippen LogP contribution in [0.2, 0.25) is 0 Å². The number of fused-ring (bicyclic) bond motifs is 2. The van der Waals surface area contributed by atoms with E-state index in [9.17, 15) is 15.0 Å². The van der Waals surface area contributed by atoms with Crippen molar-refractivity contribution in [2.45, 2.75) is 37.4 Å². The second-order valence-corrected chi connectivity index (χ2v) is 11.2. The van der Waals surface area contributed by atoms with Crippen LogP contribution in [0, 0.1) is 0 Å². The molecule has 0 bridgehead atoms. The van der Waals surface area contributed by atoms with Crippen molar-refractivity contribution in [3.63, 3.8) is 0 Å². The molecule has 0 unspecified atom stereocenters. The van der Waals surface area contributed by atoms with E-state index in [0.29, 0.717) is 60.6 Å². The minimum Gasteiger partial charge on any atom is -0.486 e. The first kappa shape index (κ1) is 28.1. The third-order valence-corrected chi connectivity index (χ3v) is 8.37. The van der Waals surface area contributed by atoms with Crippen LogP contribution in [0.4, 0.5) is 4.79 Å². The van der Waals surface area contributed by atoms with E-state index >= 15 is 0 Å². The van der Waals surface area contributed by atoms with E-state index in [1.54, 1.807) is 34.1 Å². The number of carbonyl (C=O) groups is 1. The molecule has 7 rings (SSSR count). The third-order valence-electron chi connectivity index (χ3n) is 8.37. The number of nitrogens with zero attached hydrogens (tertiary/aromatic N) is 2. The number of rotatable bonds is 6. The zero-order valence-electron chi connectivity index (χ0n) is 24.1. The predicted molar refractivity (Wildman–Crippen MR) is 162 cm³/mol. The van der Waals surface area contributed by atoms with Crippen molar-refractivity contribution in [3.05, 3.63) is 119 Å². The number of hydrogen-bond acceptors (Lipinski definition) is 7. The Morgan fingerprint density at radius 2 is 0.932 bits per heavy atom. The maximum absolute atomic E-state index is 14.9. The fourth-order valence-electron chi connectivity index (χ4n) is 6.28. The smallest absolute Gasteiger partial charge is 0.321 e. The lowest BCUT2D eigenvalue weighted by atomic mass is 9.89. The fourth-order valence-corrected chi connectivity index (χ4v) is 6.28. The number of aliphatic hydroxyl groups is 2. The van der Waals surface area contributed by atoms with Gasteiger partial charge in [0.1, 0.15) is 38.6 Å². The maximum atomic E-state index is 14.9. The highest BCUT2D eigenvalue weighted by molar-refractivity contribution is 5.77. The van der Waals surface area contributed by atoms with Gasteiger partial charge >= 0.3 is 6.03 Å². The predicted octanol–water partition coefficient (Wildman–Crippen LogP) is 4.87. The Kier molecular flexibility index (Phi) is 7.72. The van der Waals surface area contributed by atoms with Crippen LogP contribution in [0.15, 0.2) is 97.1 Å². The molecule has 4 atom stereocenters. The van der Waals surface area contributed by atoms with Gasteiger partial charge in [-0.05, 0) is 46.5 Å². The second-order valence-electron chi connectivity index (χ2n) is 11.2. The van der Waals surface area contributed by atoms with E-state index in [1.165, 1.54) is 0 Å². The van der Waals surface area contributed by atoms with Crippen molar-refractivity contribution in [2.24, 2.45) is 0 Å². The fraction of sp³-hybridized carbons (Fsp3) is 0.286. The quantitative estimate of drug-likeness (QED) is 0.329. The second kappa shape index (κ2) is 12.1. The van der Waals surface area contributed by atoms with Crippen LogP contribution in [-0.2, 0) is 13.1 Å². The van der Waals surface area contributed by atoms with E-state index in [1.807, 2.05) is 72.8 Å². The average molecular weight is 595 g/mol. The summed E-state index contributed by atoms with van der Waals surface area (Å²) in [5.74, 6) is 2.28. The number of benzene rings is 4. The topological polar surface area (TPSA) is 101 Å². The minimum absolute atomic E-state index is 0.210. The van der Waals surface area contributed by atoms with Crippen LogP contribution in [0.5, 0.6) is 23.0 Å². The number of ether oxygens (including phenoxy) is 4. The number of amides is 2.